The Morgan fingerprint density at radius 2 is 1.30 bits per heavy atom. The van der Waals surface area contributed by atoms with Gasteiger partial charge in [-0.15, -0.1) is 0 Å². The fourth-order valence-electron chi connectivity index (χ4n) is 3.90. The molecule has 5 heteroatoms. The molecule has 0 N–H and O–H groups in total. The van der Waals surface area contributed by atoms with Crippen molar-refractivity contribution in [3.05, 3.63) is 71.8 Å². The van der Waals surface area contributed by atoms with Gasteiger partial charge in [0, 0.05) is 31.7 Å². The van der Waals surface area contributed by atoms with Gasteiger partial charge in [-0.1, -0.05) is 60.7 Å². The van der Waals surface area contributed by atoms with Gasteiger partial charge in [0.1, 0.15) is 0 Å². The Bertz CT molecular complexity index is 797. The second kappa shape index (κ2) is 9.00. The van der Waals surface area contributed by atoms with Crippen molar-refractivity contribution in [2.45, 2.75) is 38.8 Å². The van der Waals surface area contributed by atoms with Gasteiger partial charge in [0.05, 0.1) is 5.75 Å². The van der Waals surface area contributed by atoms with Crippen LogP contribution in [0.15, 0.2) is 60.7 Å². The molecule has 1 saturated heterocycles. The van der Waals surface area contributed by atoms with Crippen molar-refractivity contribution in [2.24, 2.45) is 0 Å². The molecule has 1 fully saturated rings. The summed E-state index contributed by atoms with van der Waals surface area (Å²) in [6, 6.07) is 20.8. The minimum absolute atomic E-state index is 0.181. The average Bonchev–Trinajstić information content (AvgIpc) is 2.67. The Morgan fingerprint density at radius 1 is 0.815 bits per heavy atom. The smallest absolute Gasteiger partial charge is 0.214 e. The highest BCUT2D eigenvalue weighted by Crippen LogP contribution is 2.20. The van der Waals surface area contributed by atoms with E-state index in [0.717, 1.165) is 18.5 Å². The molecule has 2 aromatic rings. The second-order valence-electron chi connectivity index (χ2n) is 7.54. The largest absolute Gasteiger partial charge is 0.295 e. The van der Waals surface area contributed by atoms with Gasteiger partial charge in [-0.2, -0.15) is 4.31 Å². The minimum Gasteiger partial charge on any atom is -0.295 e. The predicted molar refractivity (Wildman–Crippen MR) is 111 cm³/mol. The van der Waals surface area contributed by atoms with E-state index >= 15 is 0 Å². The minimum atomic E-state index is -3.23. The first-order valence-corrected chi connectivity index (χ1v) is 11.4. The zero-order chi connectivity index (χ0) is 19.3. The van der Waals surface area contributed by atoms with Crippen LogP contribution in [0.4, 0.5) is 0 Å². The third-order valence-corrected chi connectivity index (χ3v) is 7.26. The molecule has 0 amide bonds. The lowest BCUT2D eigenvalue weighted by molar-refractivity contribution is 0.0784. The molecule has 27 heavy (non-hydrogen) atoms. The number of piperazine rings is 1. The van der Waals surface area contributed by atoms with Gasteiger partial charge >= 0.3 is 0 Å². The lowest BCUT2D eigenvalue weighted by Gasteiger charge is -2.44. The molecular formula is C22H30N2O2S. The summed E-state index contributed by atoms with van der Waals surface area (Å²) in [4.78, 5) is 2.44. The van der Waals surface area contributed by atoms with Gasteiger partial charge in [-0.25, -0.2) is 8.42 Å². The first kappa shape index (κ1) is 20.1. The number of aryl methyl sites for hydroxylation is 1. The summed E-state index contributed by atoms with van der Waals surface area (Å²) in [5, 5.41) is 0. The summed E-state index contributed by atoms with van der Waals surface area (Å²) in [5.41, 5.74) is 2.40. The monoisotopic (exact) mass is 386 g/mol. The highest BCUT2D eigenvalue weighted by Gasteiger charge is 2.34. The Hall–Kier alpha value is -1.69. The standard InChI is InChI=1S/C22H30N2O2S/c1-19-17-23(27(25,26)16-14-22-11-7-4-8-12-22)18-20(2)24(19)15-13-21-9-5-3-6-10-21/h3-12,19-20H,13-18H2,1-2H3. The molecule has 2 aromatic carbocycles. The molecule has 0 radical (unpaired) electrons. The number of rotatable bonds is 7. The molecule has 2 atom stereocenters. The highest BCUT2D eigenvalue weighted by molar-refractivity contribution is 7.89. The molecule has 0 aromatic heterocycles. The predicted octanol–water partition coefficient (Wildman–Crippen LogP) is 3.20. The molecule has 1 aliphatic rings. The highest BCUT2D eigenvalue weighted by atomic mass is 32.2. The van der Waals surface area contributed by atoms with E-state index in [2.05, 4.69) is 43.0 Å². The SMILES string of the molecule is CC1CN(S(=O)(=O)CCc2ccccc2)CC(C)N1CCc1ccccc1. The average molecular weight is 387 g/mol. The van der Waals surface area contributed by atoms with Crippen molar-refractivity contribution in [3.8, 4) is 0 Å². The van der Waals surface area contributed by atoms with Crippen LogP contribution in [0.25, 0.3) is 0 Å². The van der Waals surface area contributed by atoms with Gasteiger partial charge in [-0.3, -0.25) is 4.90 Å². The zero-order valence-electron chi connectivity index (χ0n) is 16.3. The van der Waals surface area contributed by atoms with E-state index in [0.29, 0.717) is 19.5 Å². The van der Waals surface area contributed by atoms with Crippen LogP contribution >= 0.6 is 0 Å². The fourth-order valence-corrected chi connectivity index (χ4v) is 5.54. The normalized spacial score (nSPS) is 22.0. The summed E-state index contributed by atoms with van der Waals surface area (Å²) < 4.78 is 27.4. The van der Waals surface area contributed by atoms with E-state index in [9.17, 15) is 8.42 Å². The van der Waals surface area contributed by atoms with Crippen molar-refractivity contribution in [1.82, 2.24) is 9.21 Å². The fraction of sp³-hybridized carbons (Fsp3) is 0.455. The molecule has 146 valence electrons. The van der Waals surface area contributed by atoms with E-state index < -0.39 is 10.0 Å². The third-order valence-electron chi connectivity index (χ3n) is 5.45. The molecule has 1 aliphatic heterocycles. The van der Waals surface area contributed by atoms with E-state index in [1.807, 2.05) is 36.4 Å². The molecule has 4 nitrogen and oxygen atoms in total. The van der Waals surface area contributed by atoms with Gasteiger partial charge in [0.25, 0.3) is 0 Å². The third kappa shape index (κ3) is 5.41. The van der Waals surface area contributed by atoms with Crippen molar-refractivity contribution < 1.29 is 8.42 Å². The van der Waals surface area contributed by atoms with Crippen molar-refractivity contribution in [1.29, 1.82) is 0 Å². The maximum absolute atomic E-state index is 12.8. The summed E-state index contributed by atoms with van der Waals surface area (Å²) in [6.45, 7) is 6.40. The zero-order valence-corrected chi connectivity index (χ0v) is 17.1. The number of nitrogens with zero attached hydrogens (tertiary/aromatic N) is 2. The van der Waals surface area contributed by atoms with Gasteiger partial charge in [0.2, 0.25) is 10.0 Å². The summed E-state index contributed by atoms with van der Waals surface area (Å²) >= 11 is 0. The molecule has 0 saturated carbocycles. The number of sulfonamides is 1. The van der Waals surface area contributed by atoms with Crippen LogP contribution in [-0.4, -0.2) is 55.1 Å². The van der Waals surface area contributed by atoms with E-state index in [4.69, 9.17) is 0 Å². The number of hydrogen-bond donors (Lipinski definition) is 0. The van der Waals surface area contributed by atoms with Crippen LogP contribution in [0, 0.1) is 0 Å². The van der Waals surface area contributed by atoms with Gasteiger partial charge < -0.3 is 0 Å². The maximum atomic E-state index is 12.8. The molecule has 2 unspecified atom stereocenters. The number of hydrogen-bond acceptors (Lipinski definition) is 3. The Labute approximate surface area is 163 Å². The van der Waals surface area contributed by atoms with E-state index in [1.54, 1.807) is 4.31 Å². The maximum Gasteiger partial charge on any atom is 0.214 e. The summed E-state index contributed by atoms with van der Waals surface area (Å²) in [5.74, 6) is 0.181. The molecular weight excluding hydrogens is 356 g/mol. The van der Waals surface area contributed by atoms with Crippen molar-refractivity contribution in [2.75, 3.05) is 25.4 Å². The molecule has 3 rings (SSSR count). The quantitative estimate of drug-likeness (QED) is 0.734. The van der Waals surface area contributed by atoms with Gasteiger partial charge in [0.15, 0.2) is 0 Å². The Kier molecular flexibility index (Phi) is 6.68. The lowest BCUT2D eigenvalue weighted by atomic mass is 10.1. The second-order valence-corrected chi connectivity index (χ2v) is 9.63. The summed E-state index contributed by atoms with van der Waals surface area (Å²) in [6.07, 6.45) is 1.57. The van der Waals surface area contributed by atoms with Crippen LogP contribution in [0.1, 0.15) is 25.0 Å². The lowest BCUT2D eigenvalue weighted by Crippen LogP contribution is -2.58. The van der Waals surface area contributed by atoms with Crippen molar-refractivity contribution in [3.63, 3.8) is 0 Å². The van der Waals surface area contributed by atoms with Crippen LogP contribution < -0.4 is 0 Å². The molecule has 1 heterocycles. The Balaban J connectivity index is 1.56. The van der Waals surface area contributed by atoms with Crippen molar-refractivity contribution >= 4 is 10.0 Å². The molecule has 0 bridgehead atoms. The molecule has 0 spiro atoms. The van der Waals surface area contributed by atoms with Crippen LogP contribution in [-0.2, 0) is 22.9 Å². The Morgan fingerprint density at radius 3 is 1.81 bits per heavy atom. The topological polar surface area (TPSA) is 40.6 Å². The van der Waals surface area contributed by atoms with E-state index in [1.165, 1.54) is 5.56 Å². The van der Waals surface area contributed by atoms with Gasteiger partial charge in [-0.05, 0) is 37.8 Å². The van der Waals surface area contributed by atoms with Crippen LogP contribution in [0.3, 0.4) is 0 Å². The van der Waals surface area contributed by atoms with Crippen LogP contribution in [0.5, 0.6) is 0 Å². The first-order valence-electron chi connectivity index (χ1n) is 9.77. The van der Waals surface area contributed by atoms with Crippen LogP contribution in [0.2, 0.25) is 0 Å². The first-order chi connectivity index (χ1) is 13.0. The molecule has 0 aliphatic carbocycles. The number of benzene rings is 2. The summed E-state index contributed by atoms with van der Waals surface area (Å²) in [7, 11) is -3.23. The van der Waals surface area contributed by atoms with E-state index in [-0.39, 0.29) is 17.8 Å².